The van der Waals surface area contributed by atoms with E-state index >= 15 is 0 Å². The predicted octanol–water partition coefficient (Wildman–Crippen LogP) is 2.48. The maximum Gasteiger partial charge on any atom is 0.309 e. The Labute approximate surface area is 117 Å². The van der Waals surface area contributed by atoms with Crippen LogP contribution in [0.1, 0.15) is 59.8 Å². The van der Waals surface area contributed by atoms with E-state index in [-0.39, 0.29) is 0 Å². The third-order valence-electron chi connectivity index (χ3n) is 3.31. The van der Waals surface area contributed by atoms with Crippen LogP contribution in [0.4, 0.5) is 0 Å². The summed E-state index contributed by atoms with van der Waals surface area (Å²) in [6.07, 6.45) is 5.39. The van der Waals surface area contributed by atoms with E-state index in [4.69, 9.17) is 0 Å². The second-order valence-corrected chi connectivity index (χ2v) is 5.56. The van der Waals surface area contributed by atoms with Crippen molar-refractivity contribution in [2.24, 2.45) is 11.8 Å². The molecule has 4 nitrogen and oxygen atoms in total. The van der Waals surface area contributed by atoms with Crippen LogP contribution in [-0.4, -0.2) is 24.9 Å². The molecule has 2 amide bonds. The number of hydrogen-bond donors (Lipinski definition) is 2. The molecule has 1 atom stereocenters. The molecule has 0 aliphatic heterocycles. The molecule has 0 aliphatic rings. The molecule has 0 saturated heterocycles. The molecule has 0 saturated carbocycles. The van der Waals surface area contributed by atoms with Crippen molar-refractivity contribution in [3.8, 4) is 0 Å². The van der Waals surface area contributed by atoms with Crippen molar-refractivity contribution in [2.75, 3.05) is 13.1 Å². The zero-order valence-corrected chi connectivity index (χ0v) is 12.9. The first-order valence-corrected chi connectivity index (χ1v) is 7.57. The Morgan fingerprint density at radius 3 is 2.16 bits per heavy atom. The van der Waals surface area contributed by atoms with Crippen LogP contribution in [0.2, 0.25) is 0 Å². The Morgan fingerprint density at radius 1 is 1.00 bits per heavy atom. The molecule has 0 heterocycles. The summed E-state index contributed by atoms with van der Waals surface area (Å²) in [6.45, 7) is 9.63. The number of hydrogen-bond acceptors (Lipinski definition) is 2. The highest BCUT2D eigenvalue weighted by molar-refractivity contribution is 6.35. The summed E-state index contributed by atoms with van der Waals surface area (Å²) in [5.74, 6) is -0.000981. The summed E-state index contributed by atoms with van der Waals surface area (Å²) in [6, 6.07) is 0. The molecule has 0 aromatic rings. The van der Waals surface area contributed by atoms with E-state index < -0.39 is 11.8 Å². The molecule has 4 heteroatoms. The van der Waals surface area contributed by atoms with Gasteiger partial charge in [0, 0.05) is 13.1 Å². The van der Waals surface area contributed by atoms with Gasteiger partial charge in [-0.25, -0.2) is 0 Å². The summed E-state index contributed by atoms with van der Waals surface area (Å²) in [4.78, 5) is 23.1. The van der Waals surface area contributed by atoms with Crippen LogP contribution >= 0.6 is 0 Å². The van der Waals surface area contributed by atoms with Gasteiger partial charge in [-0.3, -0.25) is 9.59 Å². The van der Waals surface area contributed by atoms with E-state index in [2.05, 4.69) is 38.3 Å². The number of amides is 2. The Bertz CT molecular complexity index is 265. The van der Waals surface area contributed by atoms with Crippen molar-refractivity contribution in [3.05, 3.63) is 0 Å². The number of carbonyl (C=O) groups excluding carboxylic acids is 2. The first kappa shape index (κ1) is 17.9. The standard InChI is InChI=1S/C15H30N2O2/c1-5-7-8-13(6-2)11-17-15(19)14(18)16-10-9-12(3)4/h12-13H,5-11H2,1-4H3,(H,16,18)(H,17,19)/t13-/m0/s1. The number of rotatable bonds is 9. The summed E-state index contributed by atoms with van der Waals surface area (Å²) in [5.41, 5.74) is 0. The van der Waals surface area contributed by atoms with Crippen LogP contribution in [0.15, 0.2) is 0 Å². The highest BCUT2D eigenvalue weighted by atomic mass is 16.2. The summed E-state index contributed by atoms with van der Waals surface area (Å²) < 4.78 is 0. The molecule has 0 bridgehead atoms. The highest BCUT2D eigenvalue weighted by Crippen LogP contribution is 2.10. The molecule has 112 valence electrons. The molecule has 0 unspecified atom stereocenters. The average molecular weight is 270 g/mol. The number of nitrogens with one attached hydrogen (secondary N) is 2. The highest BCUT2D eigenvalue weighted by Gasteiger charge is 2.14. The first-order valence-electron chi connectivity index (χ1n) is 7.57. The maximum atomic E-state index is 11.6. The Balaban J connectivity index is 3.84. The first-order chi connectivity index (χ1) is 9.01. The Morgan fingerprint density at radius 2 is 1.63 bits per heavy atom. The lowest BCUT2D eigenvalue weighted by Crippen LogP contribution is -2.42. The topological polar surface area (TPSA) is 58.2 Å². The van der Waals surface area contributed by atoms with E-state index in [1.54, 1.807) is 0 Å². The minimum absolute atomic E-state index is 0.479. The van der Waals surface area contributed by atoms with Gasteiger partial charge in [0.05, 0.1) is 0 Å². The largest absolute Gasteiger partial charge is 0.348 e. The van der Waals surface area contributed by atoms with Gasteiger partial charge in [0.1, 0.15) is 0 Å². The zero-order chi connectivity index (χ0) is 14.7. The molecular formula is C15H30N2O2. The lowest BCUT2D eigenvalue weighted by Gasteiger charge is -2.15. The third-order valence-corrected chi connectivity index (χ3v) is 3.31. The van der Waals surface area contributed by atoms with Gasteiger partial charge in [-0.05, 0) is 24.7 Å². The van der Waals surface area contributed by atoms with E-state index in [1.807, 2.05) is 0 Å². The van der Waals surface area contributed by atoms with Gasteiger partial charge in [0.25, 0.3) is 0 Å². The molecule has 0 aliphatic carbocycles. The smallest absolute Gasteiger partial charge is 0.309 e. The minimum atomic E-state index is -0.508. The van der Waals surface area contributed by atoms with Crippen LogP contribution < -0.4 is 10.6 Å². The van der Waals surface area contributed by atoms with Gasteiger partial charge >= 0.3 is 11.8 Å². The van der Waals surface area contributed by atoms with Crippen molar-refractivity contribution in [1.29, 1.82) is 0 Å². The van der Waals surface area contributed by atoms with Crippen molar-refractivity contribution < 1.29 is 9.59 Å². The van der Waals surface area contributed by atoms with Crippen LogP contribution in [0.3, 0.4) is 0 Å². The Hall–Kier alpha value is -1.06. The third kappa shape index (κ3) is 9.51. The van der Waals surface area contributed by atoms with Crippen LogP contribution in [0.5, 0.6) is 0 Å². The van der Waals surface area contributed by atoms with Gasteiger partial charge in [0.15, 0.2) is 0 Å². The van der Waals surface area contributed by atoms with Crippen LogP contribution in [0.25, 0.3) is 0 Å². The van der Waals surface area contributed by atoms with Gasteiger partial charge in [-0.15, -0.1) is 0 Å². The molecule has 0 rings (SSSR count). The van der Waals surface area contributed by atoms with E-state index in [0.29, 0.717) is 24.9 Å². The van der Waals surface area contributed by atoms with Crippen molar-refractivity contribution in [2.45, 2.75) is 59.8 Å². The maximum absolute atomic E-state index is 11.6. The van der Waals surface area contributed by atoms with Gasteiger partial charge in [0.2, 0.25) is 0 Å². The molecule has 0 spiro atoms. The fraction of sp³-hybridized carbons (Fsp3) is 0.867. The summed E-state index contributed by atoms with van der Waals surface area (Å²) >= 11 is 0. The second kappa shape index (κ2) is 10.8. The molecule has 0 fully saturated rings. The van der Waals surface area contributed by atoms with Crippen molar-refractivity contribution in [3.63, 3.8) is 0 Å². The Kier molecular flexibility index (Phi) is 10.2. The monoisotopic (exact) mass is 270 g/mol. The number of carbonyl (C=O) groups is 2. The van der Waals surface area contributed by atoms with Gasteiger partial charge in [-0.1, -0.05) is 47.0 Å². The molecule has 0 radical (unpaired) electrons. The second-order valence-electron chi connectivity index (χ2n) is 5.56. The quantitative estimate of drug-likeness (QED) is 0.632. The molecule has 2 N–H and O–H groups in total. The van der Waals surface area contributed by atoms with Gasteiger partial charge in [-0.2, -0.15) is 0 Å². The number of unbranched alkanes of at least 4 members (excludes halogenated alkanes) is 1. The lowest BCUT2D eigenvalue weighted by atomic mass is 9.99. The van der Waals surface area contributed by atoms with Crippen molar-refractivity contribution >= 4 is 11.8 Å². The van der Waals surface area contributed by atoms with Crippen LogP contribution in [0, 0.1) is 11.8 Å². The van der Waals surface area contributed by atoms with Crippen LogP contribution in [-0.2, 0) is 9.59 Å². The van der Waals surface area contributed by atoms with Gasteiger partial charge < -0.3 is 10.6 Å². The normalized spacial score (nSPS) is 12.3. The minimum Gasteiger partial charge on any atom is -0.348 e. The molecule has 19 heavy (non-hydrogen) atoms. The fourth-order valence-corrected chi connectivity index (χ4v) is 1.82. The zero-order valence-electron chi connectivity index (χ0n) is 12.9. The van der Waals surface area contributed by atoms with E-state index in [1.165, 1.54) is 12.8 Å². The van der Waals surface area contributed by atoms with Crippen molar-refractivity contribution in [1.82, 2.24) is 10.6 Å². The SMILES string of the molecule is CCCC[C@H](CC)CNC(=O)C(=O)NCCC(C)C. The van der Waals surface area contributed by atoms with E-state index in [0.717, 1.165) is 19.3 Å². The summed E-state index contributed by atoms with van der Waals surface area (Å²) in [5, 5.41) is 5.38. The summed E-state index contributed by atoms with van der Waals surface area (Å²) in [7, 11) is 0. The molecular weight excluding hydrogens is 240 g/mol. The average Bonchev–Trinajstić information content (AvgIpc) is 2.38. The van der Waals surface area contributed by atoms with E-state index in [9.17, 15) is 9.59 Å². The lowest BCUT2D eigenvalue weighted by molar-refractivity contribution is -0.139. The predicted molar refractivity (Wildman–Crippen MR) is 78.8 cm³/mol. The molecule has 0 aromatic carbocycles. The molecule has 0 aromatic heterocycles. The fourth-order valence-electron chi connectivity index (χ4n) is 1.82.